The lowest BCUT2D eigenvalue weighted by Gasteiger charge is -2.08. The Morgan fingerprint density at radius 1 is 0.926 bits per heavy atom. The molecule has 0 aliphatic rings. The van der Waals surface area contributed by atoms with Crippen LogP contribution in [-0.4, -0.2) is 10.8 Å². The van der Waals surface area contributed by atoms with Gasteiger partial charge in [-0.3, -0.25) is 14.9 Å². The van der Waals surface area contributed by atoms with Crippen LogP contribution in [0.25, 0.3) is 0 Å². The summed E-state index contributed by atoms with van der Waals surface area (Å²) < 4.78 is 0. The maximum Gasteiger partial charge on any atom is 0.293 e. The number of nitrogens with one attached hydrogen (secondary N) is 1. The molecule has 0 atom stereocenters. The van der Waals surface area contributed by atoms with Gasteiger partial charge in [0.2, 0.25) is 5.91 Å². The first-order valence-corrected chi connectivity index (χ1v) is 10.7. The maximum absolute atomic E-state index is 12.1. The van der Waals surface area contributed by atoms with Crippen molar-refractivity contribution in [1.82, 2.24) is 0 Å². The molecule has 0 unspecified atom stereocenters. The minimum atomic E-state index is -0.402. The van der Waals surface area contributed by atoms with Crippen LogP contribution in [0.2, 0.25) is 0 Å². The molecular weight excluding hydrogens is 340 g/mol. The summed E-state index contributed by atoms with van der Waals surface area (Å²) in [6.45, 7) is 4.36. The van der Waals surface area contributed by atoms with Gasteiger partial charge in [0.15, 0.2) is 0 Å². The van der Waals surface area contributed by atoms with E-state index in [0.29, 0.717) is 12.1 Å². The third kappa shape index (κ3) is 10.1. The predicted octanol–water partition coefficient (Wildman–Crippen LogP) is 6.80. The van der Waals surface area contributed by atoms with Crippen molar-refractivity contribution in [3.05, 3.63) is 33.9 Å². The molecule has 152 valence electrons. The number of unbranched alkanes of at least 4 members (excludes halogenated alkanes) is 9. The van der Waals surface area contributed by atoms with Gasteiger partial charge in [-0.1, -0.05) is 77.7 Å². The molecule has 5 nitrogen and oxygen atoms in total. The van der Waals surface area contributed by atoms with Gasteiger partial charge in [0.05, 0.1) is 4.92 Å². The Bertz CT molecular complexity index is 573. The zero-order valence-corrected chi connectivity index (χ0v) is 17.1. The molecule has 1 aromatic carbocycles. The van der Waals surface area contributed by atoms with E-state index in [2.05, 4.69) is 19.2 Å². The second-order valence-corrected chi connectivity index (χ2v) is 7.34. The quantitative estimate of drug-likeness (QED) is 0.208. The van der Waals surface area contributed by atoms with Gasteiger partial charge in [0, 0.05) is 12.5 Å². The molecule has 5 heteroatoms. The van der Waals surface area contributed by atoms with Crippen molar-refractivity contribution in [3.8, 4) is 0 Å². The molecule has 0 fully saturated rings. The van der Waals surface area contributed by atoms with E-state index in [9.17, 15) is 14.9 Å². The minimum Gasteiger partial charge on any atom is -0.320 e. The Labute approximate surface area is 164 Å². The Balaban J connectivity index is 2.49. The second kappa shape index (κ2) is 14.2. The van der Waals surface area contributed by atoms with Crippen molar-refractivity contribution in [3.63, 3.8) is 0 Å². The number of aryl methyl sites for hydroxylation is 1. The summed E-state index contributed by atoms with van der Waals surface area (Å²) in [6, 6.07) is 5.19. The number of nitrogens with zero attached hydrogens (tertiary/aromatic N) is 1. The van der Waals surface area contributed by atoms with Gasteiger partial charge in [-0.05, 0) is 30.9 Å². The lowest BCUT2D eigenvalue weighted by atomic mass is 10.0. The van der Waals surface area contributed by atoms with Gasteiger partial charge < -0.3 is 5.32 Å². The van der Waals surface area contributed by atoms with Crippen LogP contribution in [0.1, 0.15) is 96.5 Å². The van der Waals surface area contributed by atoms with Crippen molar-refractivity contribution < 1.29 is 9.72 Å². The topological polar surface area (TPSA) is 72.2 Å². The van der Waals surface area contributed by atoms with Crippen molar-refractivity contribution >= 4 is 17.3 Å². The summed E-state index contributed by atoms with van der Waals surface area (Å²) in [5.74, 6) is -0.138. The number of carbonyl (C=O) groups is 1. The molecule has 27 heavy (non-hydrogen) atoms. The van der Waals surface area contributed by atoms with Crippen LogP contribution in [0.3, 0.4) is 0 Å². The minimum absolute atomic E-state index is 0.00245. The molecule has 0 aliphatic carbocycles. The number of hydrogen-bond donors (Lipinski definition) is 1. The highest BCUT2D eigenvalue weighted by Crippen LogP contribution is 2.27. The maximum atomic E-state index is 12.1. The Morgan fingerprint density at radius 2 is 1.52 bits per heavy atom. The first-order chi connectivity index (χ1) is 13.1. The molecule has 0 aliphatic heterocycles. The molecule has 1 aromatic rings. The number of benzene rings is 1. The number of carbonyl (C=O) groups excluding carboxylic acids is 1. The molecule has 0 saturated carbocycles. The SMILES string of the molecule is CCCCCCCCC(=O)Nc1ccc(CCCCCCC)cc1[N+](=O)[O-]. The lowest BCUT2D eigenvalue weighted by molar-refractivity contribution is -0.384. The Morgan fingerprint density at radius 3 is 2.15 bits per heavy atom. The highest BCUT2D eigenvalue weighted by Gasteiger charge is 2.16. The van der Waals surface area contributed by atoms with Crippen LogP contribution in [0.15, 0.2) is 18.2 Å². The molecule has 0 saturated heterocycles. The van der Waals surface area contributed by atoms with E-state index >= 15 is 0 Å². The third-order valence-corrected chi connectivity index (χ3v) is 4.86. The van der Waals surface area contributed by atoms with Crippen LogP contribution in [0.4, 0.5) is 11.4 Å². The number of amides is 1. The number of hydrogen-bond acceptors (Lipinski definition) is 3. The van der Waals surface area contributed by atoms with Crippen molar-refractivity contribution in [2.24, 2.45) is 0 Å². The van der Waals surface area contributed by atoms with Gasteiger partial charge in [0.1, 0.15) is 5.69 Å². The standard InChI is InChI=1S/C22H36N2O3/c1-3-5-7-9-11-13-15-22(25)23-20-17-16-19(18-21(20)24(26)27)14-12-10-8-6-4-2/h16-18H,3-15H2,1-2H3,(H,23,25). The average Bonchev–Trinajstić information content (AvgIpc) is 2.65. The number of anilines is 1. The Hall–Kier alpha value is -1.91. The third-order valence-electron chi connectivity index (χ3n) is 4.86. The summed E-state index contributed by atoms with van der Waals surface area (Å²) >= 11 is 0. The van der Waals surface area contributed by atoms with Gasteiger partial charge in [-0.2, -0.15) is 0 Å². The van der Waals surface area contributed by atoms with Crippen LogP contribution >= 0.6 is 0 Å². The first-order valence-electron chi connectivity index (χ1n) is 10.7. The molecule has 0 aromatic heterocycles. The van der Waals surface area contributed by atoms with E-state index in [4.69, 9.17) is 0 Å². The fourth-order valence-electron chi connectivity index (χ4n) is 3.20. The van der Waals surface area contributed by atoms with E-state index in [-0.39, 0.29) is 11.6 Å². The largest absolute Gasteiger partial charge is 0.320 e. The van der Waals surface area contributed by atoms with Gasteiger partial charge >= 0.3 is 0 Å². The van der Waals surface area contributed by atoms with Crippen molar-refractivity contribution in [2.75, 3.05) is 5.32 Å². The molecule has 0 heterocycles. The molecule has 0 radical (unpaired) electrons. The van der Waals surface area contributed by atoms with Gasteiger partial charge in [0.25, 0.3) is 5.69 Å². The summed E-state index contributed by atoms with van der Waals surface area (Å²) in [5.41, 5.74) is 1.27. The summed E-state index contributed by atoms with van der Waals surface area (Å²) in [7, 11) is 0. The lowest BCUT2D eigenvalue weighted by Crippen LogP contribution is -2.12. The summed E-state index contributed by atoms with van der Waals surface area (Å²) in [5, 5.41) is 14.1. The fraction of sp³-hybridized carbons (Fsp3) is 0.682. The van der Waals surface area contributed by atoms with Crippen molar-refractivity contribution in [2.45, 2.75) is 97.3 Å². The normalized spacial score (nSPS) is 10.7. The number of nitro benzene ring substituents is 1. The Kier molecular flexibility index (Phi) is 12.2. The highest BCUT2D eigenvalue weighted by molar-refractivity contribution is 5.93. The van der Waals surface area contributed by atoms with E-state index in [1.54, 1.807) is 12.1 Å². The summed E-state index contributed by atoms with van der Waals surface area (Å²) in [6.07, 6.45) is 13.8. The van der Waals surface area contributed by atoms with Crippen LogP contribution in [0, 0.1) is 10.1 Å². The second-order valence-electron chi connectivity index (χ2n) is 7.34. The van der Waals surface area contributed by atoms with E-state index in [1.165, 1.54) is 38.5 Å². The number of rotatable bonds is 15. The monoisotopic (exact) mass is 376 g/mol. The molecule has 1 rings (SSSR count). The van der Waals surface area contributed by atoms with Gasteiger partial charge in [-0.15, -0.1) is 0 Å². The molecule has 0 spiro atoms. The van der Waals surface area contributed by atoms with Crippen LogP contribution in [-0.2, 0) is 11.2 Å². The van der Waals surface area contributed by atoms with E-state index in [0.717, 1.165) is 44.1 Å². The first kappa shape index (κ1) is 23.1. The predicted molar refractivity (Wildman–Crippen MR) is 112 cm³/mol. The average molecular weight is 377 g/mol. The zero-order valence-electron chi connectivity index (χ0n) is 17.1. The molecular formula is C22H36N2O3. The summed E-state index contributed by atoms with van der Waals surface area (Å²) in [4.78, 5) is 23.1. The zero-order chi connectivity index (χ0) is 19.9. The van der Waals surface area contributed by atoms with Crippen LogP contribution < -0.4 is 5.32 Å². The van der Waals surface area contributed by atoms with Crippen LogP contribution in [0.5, 0.6) is 0 Å². The number of nitro groups is 1. The highest BCUT2D eigenvalue weighted by atomic mass is 16.6. The van der Waals surface area contributed by atoms with Gasteiger partial charge in [-0.25, -0.2) is 0 Å². The molecule has 1 amide bonds. The van der Waals surface area contributed by atoms with Crippen molar-refractivity contribution in [1.29, 1.82) is 0 Å². The fourth-order valence-corrected chi connectivity index (χ4v) is 3.20. The smallest absolute Gasteiger partial charge is 0.293 e. The van der Waals surface area contributed by atoms with E-state index in [1.807, 2.05) is 6.07 Å². The molecule has 1 N–H and O–H groups in total. The molecule has 0 bridgehead atoms. The van der Waals surface area contributed by atoms with E-state index < -0.39 is 4.92 Å².